The first-order valence-corrected chi connectivity index (χ1v) is 4.25. The molecule has 0 unspecified atom stereocenters. The maximum absolute atomic E-state index is 10.9. The molecule has 0 aromatic heterocycles. The van der Waals surface area contributed by atoms with Crippen molar-refractivity contribution in [2.45, 2.75) is 19.8 Å². The monoisotopic (exact) mass is 184 g/mol. The van der Waals surface area contributed by atoms with Crippen LogP contribution in [-0.4, -0.2) is 19.7 Å². The molecule has 3 heteroatoms. The van der Waals surface area contributed by atoms with E-state index in [1.54, 1.807) is 6.26 Å². The standard InChI is InChI=1S/C10H16O3/c1-4-13-8-6-5-7-9(2)10(11)12-3/h6,8H,2,4-5,7H2,1,3H3. The van der Waals surface area contributed by atoms with E-state index in [-0.39, 0.29) is 5.97 Å². The summed E-state index contributed by atoms with van der Waals surface area (Å²) in [7, 11) is 1.35. The number of allylic oxidation sites excluding steroid dienone is 1. The van der Waals surface area contributed by atoms with E-state index in [0.717, 1.165) is 6.42 Å². The van der Waals surface area contributed by atoms with Crippen LogP contribution in [0, 0.1) is 0 Å². The lowest BCUT2D eigenvalue weighted by Crippen LogP contribution is -2.02. The van der Waals surface area contributed by atoms with Gasteiger partial charge in [0.1, 0.15) is 0 Å². The first-order chi connectivity index (χ1) is 6.22. The van der Waals surface area contributed by atoms with Gasteiger partial charge in [-0.3, -0.25) is 0 Å². The Balaban J connectivity index is 3.53. The van der Waals surface area contributed by atoms with Crippen LogP contribution >= 0.6 is 0 Å². The number of esters is 1. The van der Waals surface area contributed by atoms with Crippen molar-refractivity contribution in [2.75, 3.05) is 13.7 Å². The molecule has 13 heavy (non-hydrogen) atoms. The Morgan fingerprint density at radius 2 is 2.23 bits per heavy atom. The Kier molecular flexibility index (Phi) is 6.69. The van der Waals surface area contributed by atoms with E-state index in [1.165, 1.54) is 7.11 Å². The molecule has 3 nitrogen and oxygen atoms in total. The summed E-state index contributed by atoms with van der Waals surface area (Å²) < 4.78 is 9.47. The second-order valence-electron chi connectivity index (χ2n) is 2.46. The van der Waals surface area contributed by atoms with Gasteiger partial charge in [0, 0.05) is 5.57 Å². The predicted molar refractivity (Wildman–Crippen MR) is 51.2 cm³/mol. The minimum Gasteiger partial charge on any atom is -0.502 e. The van der Waals surface area contributed by atoms with Crippen LogP contribution in [0.25, 0.3) is 0 Å². The van der Waals surface area contributed by atoms with E-state index < -0.39 is 0 Å². The molecule has 0 saturated heterocycles. The Morgan fingerprint density at radius 1 is 1.54 bits per heavy atom. The highest BCUT2D eigenvalue weighted by Crippen LogP contribution is 2.04. The minimum atomic E-state index is -0.343. The quantitative estimate of drug-likeness (QED) is 0.360. The summed E-state index contributed by atoms with van der Waals surface area (Å²) >= 11 is 0. The molecule has 0 aromatic carbocycles. The molecular weight excluding hydrogens is 168 g/mol. The van der Waals surface area contributed by atoms with Crippen molar-refractivity contribution in [3.8, 4) is 0 Å². The van der Waals surface area contributed by atoms with Gasteiger partial charge in [-0.05, 0) is 25.8 Å². The van der Waals surface area contributed by atoms with Gasteiger partial charge in [0.15, 0.2) is 0 Å². The highest BCUT2D eigenvalue weighted by Gasteiger charge is 2.03. The normalized spacial score (nSPS) is 10.0. The predicted octanol–water partition coefficient (Wildman–Crippen LogP) is 2.05. The van der Waals surface area contributed by atoms with Gasteiger partial charge in [0.2, 0.25) is 0 Å². The van der Waals surface area contributed by atoms with Crippen LogP contribution in [0.4, 0.5) is 0 Å². The lowest BCUT2D eigenvalue weighted by molar-refractivity contribution is -0.136. The van der Waals surface area contributed by atoms with E-state index in [1.807, 2.05) is 13.0 Å². The van der Waals surface area contributed by atoms with Gasteiger partial charge in [-0.1, -0.05) is 6.58 Å². The number of hydrogen-bond donors (Lipinski definition) is 0. The Morgan fingerprint density at radius 3 is 2.77 bits per heavy atom. The summed E-state index contributed by atoms with van der Waals surface area (Å²) in [5.41, 5.74) is 0.489. The first-order valence-electron chi connectivity index (χ1n) is 4.25. The van der Waals surface area contributed by atoms with Crippen molar-refractivity contribution < 1.29 is 14.3 Å². The fourth-order valence-corrected chi connectivity index (χ4v) is 0.736. The van der Waals surface area contributed by atoms with Crippen molar-refractivity contribution in [3.05, 3.63) is 24.5 Å². The molecular formula is C10H16O3. The molecule has 0 amide bonds. The molecule has 0 rings (SSSR count). The second-order valence-corrected chi connectivity index (χ2v) is 2.46. The van der Waals surface area contributed by atoms with Crippen molar-refractivity contribution >= 4 is 5.97 Å². The average molecular weight is 184 g/mol. The van der Waals surface area contributed by atoms with Crippen molar-refractivity contribution in [2.24, 2.45) is 0 Å². The summed E-state index contributed by atoms with van der Waals surface area (Å²) in [6.45, 7) is 6.17. The zero-order valence-electron chi connectivity index (χ0n) is 8.21. The topological polar surface area (TPSA) is 35.5 Å². The summed E-state index contributed by atoms with van der Waals surface area (Å²) in [5, 5.41) is 0. The summed E-state index contributed by atoms with van der Waals surface area (Å²) in [6, 6.07) is 0. The molecule has 0 heterocycles. The van der Waals surface area contributed by atoms with Gasteiger partial charge < -0.3 is 9.47 Å². The third-order valence-electron chi connectivity index (χ3n) is 1.45. The third kappa shape index (κ3) is 5.96. The maximum Gasteiger partial charge on any atom is 0.333 e. The molecule has 0 N–H and O–H groups in total. The Bertz CT molecular complexity index is 194. The fraction of sp³-hybridized carbons (Fsp3) is 0.500. The summed E-state index contributed by atoms with van der Waals surface area (Å²) in [6.07, 6.45) is 4.84. The van der Waals surface area contributed by atoms with Gasteiger partial charge in [-0.2, -0.15) is 0 Å². The Labute approximate surface area is 79.0 Å². The largest absolute Gasteiger partial charge is 0.502 e. The number of carbonyl (C=O) groups is 1. The number of rotatable bonds is 6. The van der Waals surface area contributed by atoms with Gasteiger partial charge >= 0.3 is 5.97 Å². The molecule has 0 fully saturated rings. The lowest BCUT2D eigenvalue weighted by Gasteiger charge is -2.00. The summed E-state index contributed by atoms with van der Waals surface area (Å²) in [4.78, 5) is 10.9. The zero-order valence-corrected chi connectivity index (χ0v) is 8.21. The van der Waals surface area contributed by atoms with Crippen molar-refractivity contribution in [3.63, 3.8) is 0 Å². The molecule has 0 atom stereocenters. The molecule has 0 aliphatic heterocycles. The van der Waals surface area contributed by atoms with Gasteiger partial charge in [-0.15, -0.1) is 0 Å². The minimum absolute atomic E-state index is 0.343. The molecule has 0 aliphatic carbocycles. The van der Waals surface area contributed by atoms with E-state index >= 15 is 0 Å². The summed E-state index contributed by atoms with van der Waals surface area (Å²) in [5.74, 6) is -0.343. The van der Waals surface area contributed by atoms with Crippen LogP contribution in [0.2, 0.25) is 0 Å². The molecule has 0 spiro atoms. The highest BCUT2D eigenvalue weighted by atomic mass is 16.5. The van der Waals surface area contributed by atoms with E-state index in [2.05, 4.69) is 11.3 Å². The van der Waals surface area contributed by atoms with Gasteiger partial charge in [0.25, 0.3) is 0 Å². The smallest absolute Gasteiger partial charge is 0.333 e. The number of ether oxygens (including phenoxy) is 2. The Hall–Kier alpha value is -1.25. The van der Waals surface area contributed by atoms with Crippen molar-refractivity contribution in [1.29, 1.82) is 0 Å². The number of carbonyl (C=O) groups excluding carboxylic acids is 1. The van der Waals surface area contributed by atoms with Crippen LogP contribution in [-0.2, 0) is 14.3 Å². The van der Waals surface area contributed by atoms with Crippen LogP contribution in [0.15, 0.2) is 24.5 Å². The third-order valence-corrected chi connectivity index (χ3v) is 1.45. The van der Waals surface area contributed by atoms with Gasteiger partial charge in [0.05, 0.1) is 20.0 Å². The zero-order chi connectivity index (χ0) is 10.1. The molecule has 0 aromatic rings. The number of methoxy groups -OCH3 is 1. The van der Waals surface area contributed by atoms with Gasteiger partial charge in [-0.25, -0.2) is 4.79 Å². The fourth-order valence-electron chi connectivity index (χ4n) is 0.736. The first kappa shape index (κ1) is 11.8. The van der Waals surface area contributed by atoms with Crippen LogP contribution in [0.5, 0.6) is 0 Å². The number of hydrogen-bond acceptors (Lipinski definition) is 3. The van der Waals surface area contributed by atoms with Crippen LogP contribution in [0.1, 0.15) is 19.8 Å². The molecule has 0 aliphatic rings. The van der Waals surface area contributed by atoms with Crippen molar-refractivity contribution in [1.82, 2.24) is 0 Å². The molecule has 0 bridgehead atoms. The van der Waals surface area contributed by atoms with E-state index in [9.17, 15) is 4.79 Å². The van der Waals surface area contributed by atoms with E-state index in [4.69, 9.17) is 4.74 Å². The lowest BCUT2D eigenvalue weighted by atomic mass is 10.2. The van der Waals surface area contributed by atoms with E-state index in [0.29, 0.717) is 18.6 Å². The van der Waals surface area contributed by atoms with Crippen LogP contribution in [0.3, 0.4) is 0 Å². The van der Waals surface area contributed by atoms with Crippen LogP contribution < -0.4 is 0 Å². The second kappa shape index (κ2) is 7.40. The highest BCUT2D eigenvalue weighted by molar-refractivity contribution is 5.87. The molecule has 0 radical (unpaired) electrons. The SMILES string of the molecule is C=C(CCC=COCC)C(=O)OC. The molecule has 0 saturated carbocycles. The molecule has 74 valence electrons. The maximum atomic E-state index is 10.9. The average Bonchev–Trinajstić information content (AvgIpc) is 2.16.